The van der Waals surface area contributed by atoms with Crippen LogP contribution in [-0.2, 0) is 9.53 Å². The molecule has 0 saturated carbocycles. The van der Waals surface area contributed by atoms with E-state index in [9.17, 15) is 19.8 Å². The maximum absolute atomic E-state index is 11.2. The minimum atomic E-state index is -1.14. The minimum absolute atomic E-state index is 0.0464. The molecular weight excluding hydrogens is 250 g/mol. The lowest BCUT2D eigenvalue weighted by Gasteiger charge is -2.18. The number of aliphatic hydroxyl groups is 2. The summed E-state index contributed by atoms with van der Waals surface area (Å²) in [4.78, 5) is 21.9. The fraction of sp³-hybridized carbons (Fsp3) is 0.385. The molecule has 6 nitrogen and oxygen atoms in total. The average Bonchev–Trinajstić information content (AvgIpc) is 2.43. The molecule has 1 aromatic rings. The van der Waals surface area contributed by atoms with Crippen molar-refractivity contribution in [1.82, 2.24) is 5.32 Å². The van der Waals surface area contributed by atoms with Crippen molar-refractivity contribution in [3.8, 4) is 0 Å². The Morgan fingerprint density at radius 3 is 2.32 bits per heavy atom. The largest absolute Gasteiger partial charge is 0.465 e. The number of benzene rings is 1. The summed E-state index contributed by atoms with van der Waals surface area (Å²) in [6, 6.07) is 6.03. The highest BCUT2D eigenvalue weighted by Gasteiger charge is 2.18. The molecule has 0 aliphatic rings. The number of ether oxygens (including phenoxy) is 1. The number of rotatable bonds is 5. The maximum atomic E-state index is 11.2. The van der Waals surface area contributed by atoms with Gasteiger partial charge in [-0.2, -0.15) is 0 Å². The van der Waals surface area contributed by atoms with Gasteiger partial charge in [0.2, 0.25) is 5.91 Å². The molecule has 0 heterocycles. The van der Waals surface area contributed by atoms with Crippen LogP contribution in [0, 0.1) is 0 Å². The van der Waals surface area contributed by atoms with Crippen molar-refractivity contribution in [2.75, 3.05) is 13.7 Å². The topological polar surface area (TPSA) is 95.9 Å². The van der Waals surface area contributed by atoms with Crippen molar-refractivity contribution < 1.29 is 24.5 Å². The van der Waals surface area contributed by atoms with Crippen LogP contribution >= 0.6 is 0 Å². The Kier molecular flexibility index (Phi) is 5.47. The highest BCUT2D eigenvalue weighted by molar-refractivity contribution is 5.89. The zero-order valence-corrected chi connectivity index (χ0v) is 10.8. The molecule has 1 aromatic carbocycles. The fourth-order valence-electron chi connectivity index (χ4n) is 1.52. The first kappa shape index (κ1) is 15.1. The van der Waals surface area contributed by atoms with Crippen molar-refractivity contribution >= 4 is 11.9 Å². The average molecular weight is 267 g/mol. The molecular formula is C13H17NO5. The van der Waals surface area contributed by atoms with Gasteiger partial charge < -0.3 is 20.3 Å². The van der Waals surface area contributed by atoms with Crippen LogP contribution in [-0.4, -0.2) is 41.8 Å². The minimum Gasteiger partial charge on any atom is -0.465 e. The molecule has 0 saturated heterocycles. The van der Waals surface area contributed by atoms with Crippen molar-refractivity contribution in [1.29, 1.82) is 0 Å². The van der Waals surface area contributed by atoms with Crippen LogP contribution in [0.5, 0.6) is 0 Å². The van der Waals surface area contributed by atoms with Crippen molar-refractivity contribution in [3.63, 3.8) is 0 Å². The van der Waals surface area contributed by atoms with Gasteiger partial charge in [0.1, 0.15) is 12.2 Å². The summed E-state index contributed by atoms with van der Waals surface area (Å²) in [6.45, 7) is 1.28. The Labute approximate surface area is 111 Å². The van der Waals surface area contributed by atoms with E-state index in [2.05, 4.69) is 10.1 Å². The number of hydrogen-bond acceptors (Lipinski definition) is 5. The molecule has 0 aliphatic carbocycles. The summed E-state index contributed by atoms with van der Waals surface area (Å²) in [5.41, 5.74) is 0.806. The second-order valence-corrected chi connectivity index (χ2v) is 4.06. The van der Waals surface area contributed by atoms with E-state index in [1.54, 1.807) is 0 Å². The first-order valence-electron chi connectivity index (χ1n) is 5.74. The first-order valence-corrected chi connectivity index (χ1v) is 5.74. The van der Waals surface area contributed by atoms with Gasteiger partial charge in [-0.3, -0.25) is 4.79 Å². The lowest BCUT2D eigenvalue weighted by Crippen LogP contribution is -2.34. The Morgan fingerprint density at radius 1 is 1.26 bits per heavy atom. The van der Waals surface area contributed by atoms with Crippen molar-refractivity contribution in [2.45, 2.75) is 19.1 Å². The monoisotopic (exact) mass is 267 g/mol. The second-order valence-electron chi connectivity index (χ2n) is 4.06. The number of methoxy groups -OCH3 is 1. The lowest BCUT2D eigenvalue weighted by atomic mass is 10.0. The van der Waals surface area contributed by atoms with E-state index >= 15 is 0 Å². The highest BCUT2D eigenvalue weighted by atomic mass is 16.5. The zero-order chi connectivity index (χ0) is 14.4. The number of carbonyl (C=O) groups excluding carboxylic acids is 2. The zero-order valence-electron chi connectivity index (χ0n) is 10.8. The molecule has 0 aromatic heterocycles. The van der Waals surface area contributed by atoms with Gasteiger partial charge in [-0.1, -0.05) is 12.1 Å². The van der Waals surface area contributed by atoms with Gasteiger partial charge in [0.25, 0.3) is 0 Å². The molecule has 2 atom stereocenters. The fourth-order valence-corrected chi connectivity index (χ4v) is 1.52. The van der Waals surface area contributed by atoms with Gasteiger partial charge in [0.15, 0.2) is 0 Å². The van der Waals surface area contributed by atoms with Crippen LogP contribution in [0.15, 0.2) is 24.3 Å². The van der Waals surface area contributed by atoms with E-state index < -0.39 is 18.2 Å². The maximum Gasteiger partial charge on any atom is 0.337 e. The van der Waals surface area contributed by atoms with Gasteiger partial charge in [-0.25, -0.2) is 4.79 Å². The molecule has 19 heavy (non-hydrogen) atoms. The summed E-state index contributed by atoms with van der Waals surface area (Å²) < 4.78 is 4.55. The number of aliphatic hydroxyl groups excluding tert-OH is 2. The molecule has 2 unspecified atom stereocenters. The Balaban J connectivity index is 2.69. The van der Waals surface area contributed by atoms with Crippen LogP contribution in [0.3, 0.4) is 0 Å². The number of carbonyl (C=O) groups is 2. The first-order chi connectivity index (χ1) is 8.95. The van der Waals surface area contributed by atoms with E-state index in [0.29, 0.717) is 11.1 Å². The molecule has 0 bridgehead atoms. The predicted molar refractivity (Wildman–Crippen MR) is 67.4 cm³/mol. The number of amides is 1. The normalized spacial score (nSPS) is 13.5. The number of nitrogens with one attached hydrogen (secondary N) is 1. The third-order valence-corrected chi connectivity index (χ3v) is 2.60. The molecule has 1 rings (SSSR count). The second kappa shape index (κ2) is 6.86. The van der Waals surface area contributed by atoms with Gasteiger partial charge in [-0.05, 0) is 17.7 Å². The predicted octanol–water partition coefficient (Wildman–Crippen LogP) is 0.00360. The molecule has 1 amide bonds. The molecule has 3 N–H and O–H groups in total. The SMILES string of the molecule is COC(=O)c1ccc(C(O)C(O)CNC(C)=O)cc1. The molecule has 0 fully saturated rings. The molecule has 0 spiro atoms. The Morgan fingerprint density at radius 2 is 1.84 bits per heavy atom. The highest BCUT2D eigenvalue weighted by Crippen LogP contribution is 2.17. The summed E-state index contributed by atoms with van der Waals surface area (Å²) in [5.74, 6) is -0.757. The molecule has 6 heteroatoms. The number of hydrogen-bond donors (Lipinski definition) is 3. The summed E-state index contributed by atoms with van der Waals surface area (Å²) in [7, 11) is 1.28. The molecule has 104 valence electrons. The van der Waals surface area contributed by atoms with Gasteiger partial charge in [0, 0.05) is 13.5 Å². The van der Waals surface area contributed by atoms with Crippen molar-refractivity contribution in [3.05, 3.63) is 35.4 Å². The standard InChI is InChI=1S/C13H17NO5/c1-8(15)14-7-11(16)12(17)9-3-5-10(6-4-9)13(18)19-2/h3-6,11-12,16-17H,7H2,1-2H3,(H,14,15). The Hall–Kier alpha value is -1.92. The third-order valence-electron chi connectivity index (χ3n) is 2.60. The van der Waals surface area contributed by atoms with E-state index in [0.717, 1.165) is 0 Å². The van der Waals surface area contributed by atoms with Gasteiger partial charge >= 0.3 is 5.97 Å². The summed E-state index contributed by atoms with van der Waals surface area (Å²) in [5, 5.41) is 22.0. The van der Waals surface area contributed by atoms with E-state index in [1.807, 2.05) is 0 Å². The smallest absolute Gasteiger partial charge is 0.337 e. The third kappa shape index (κ3) is 4.35. The number of esters is 1. The van der Waals surface area contributed by atoms with Crippen LogP contribution in [0.1, 0.15) is 28.9 Å². The molecule has 0 aliphatic heterocycles. The molecule has 0 radical (unpaired) electrons. The Bertz CT molecular complexity index is 443. The van der Waals surface area contributed by atoms with Gasteiger partial charge in [-0.15, -0.1) is 0 Å². The van der Waals surface area contributed by atoms with Gasteiger partial charge in [0.05, 0.1) is 12.7 Å². The van der Waals surface area contributed by atoms with E-state index in [-0.39, 0.29) is 12.5 Å². The van der Waals surface area contributed by atoms with E-state index in [4.69, 9.17) is 0 Å². The van der Waals surface area contributed by atoms with Crippen LogP contribution in [0.2, 0.25) is 0 Å². The van der Waals surface area contributed by atoms with Crippen LogP contribution in [0.25, 0.3) is 0 Å². The van der Waals surface area contributed by atoms with Crippen LogP contribution in [0.4, 0.5) is 0 Å². The van der Waals surface area contributed by atoms with Crippen molar-refractivity contribution in [2.24, 2.45) is 0 Å². The lowest BCUT2D eigenvalue weighted by molar-refractivity contribution is -0.119. The van der Waals surface area contributed by atoms with E-state index in [1.165, 1.54) is 38.3 Å². The quantitative estimate of drug-likeness (QED) is 0.653. The summed E-state index contributed by atoms with van der Waals surface area (Å²) >= 11 is 0. The van der Waals surface area contributed by atoms with Crippen LogP contribution < -0.4 is 5.32 Å². The summed E-state index contributed by atoms with van der Waals surface area (Å²) in [6.07, 6.45) is -2.26.